The van der Waals surface area contributed by atoms with Crippen LogP contribution in [0.15, 0.2) is 11.4 Å². The summed E-state index contributed by atoms with van der Waals surface area (Å²) in [5, 5.41) is 5.77. The topological polar surface area (TPSA) is 12.0 Å². The van der Waals surface area contributed by atoms with Crippen LogP contribution in [-0.4, -0.2) is 5.54 Å². The standard InChI is InChI=1S/C10H15NS.ClH/c1-10(2)5-3-8-4-6-12-9(8)7-11-10;/h4,6,11H,3,5,7H2,1-2H3;1H. The summed E-state index contributed by atoms with van der Waals surface area (Å²) in [5.41, 5.74) is 1.87. The third kappa shape index (κ3) is 2.46. The minimum atomic E-state index is 0. The predicted octanol–water partition coefficient (Wildman–Crippen LogP) is 2.98. The van der Waals surface area contributed by atoms with E-state index in [2.05, 4.69) is 30.6 Å². The molecule has 0 aliphatic carbocycles. The van der Waals surface area contributed by atoms with Crippen molar-refractivity contribution in [2.75, 3.05) is 0 Å². The second-order valence-electron chi connectivity index (χ2n) is 4.11. The lowest BCUT2D eigenvalue weighted by Gasteiger charge is -2.23. The predicted molar refractivity (Wildman–Crippen MR) is 60.8 cm³/mol. The molecule has 0 unspecified atom stereocenters. The zero-order chi connectivity index (χ0) is 8.60. The highest BCUT2D eigenvalue weighted by molar-refractivity contribution is 7.10. The zero-order valence-electron chi connectivity index (χ0n) is 8.09. The highest BCUT2D eigenvalue weighted by atomic mass is 35.5. The lowest BCUT2D eigenvalue weighted by atomic mass is 9.98. The third-order valence-electron chi connectivity index (χ3n) is 2.58. The number of fused-ring (bicyclic) bond motifs is 1. The highest BCUT2D eigenvalue weighted by Gasteiger charge is 2.21. The smallest absolute Gasteiger partial charge is 0.0307 e. The van der Waals surface area contributed by atoms with Crippen molar-refractivity contribution in [2.45, 2.75) is 38.8 Å². The molecule has 0 aromatic carbocycles. The van der Waals surface area contributed by atoms with Crippen molar-refractivity contribution in [3.63, 3.8) is 0 Å². The van der Waals surface area contributed by atoms with Gasteiger partial charge in [0.05, 0.1) is 0 Å². The Balaban J connectivity index is 0.000000845. The van der Waals surface area contributed by atoms with Crippen molar-refractivity contribution in [2.24, 2.45) is 0 Å². The van der Waals surface area contributed by atoms with Crippen LogP contribution in [0.25, 0.3) is 0 Å². The van der Waals surface area contributed by atoms with Gasteiger partial charge in [0.1, 0.15) is 0 Å². The largest absolute Gasteiger partial charge is 0.307 e. The van der Waals surface area contributed by atoms with Gasteiger partial charge in [0.2, 0.25) is 0 Å². The molecule has 2 rings (SSSR count). The van der Waals surface area contributed by atoms with E-state index in [1.54, 1.807) is 5.56 Å². The first-order chi connectivity index (χ1) is 5.67. The van der Waals surface area contributed by atoms with Gasteiger partial charge in [-0.2, -0.15) is 0 Å². The van der Waals surface area contributed by atoms with Crippen molar-refractivity contribution in [1.29, 1.82) is 0 Å². The first-order valence-corrected chi connectivity index (χ1v) is 5.36. The Morgan fingerprint density at radius 1 is 1.46 bits per heavy atom. The van der Waals surface area contributed by atoms with Crippen LogP contribution in [0, 0.1) is 0 Å². The maximum atomic E-state index is 3.57. The van der Waals surface area contributed by atoms with Gasteiger partial charge in [0, 0.05) is 17.0 Å². The fourth-order valence-electron chi connectivity index (χ4n) is 1.60. The van der Waals surface area contributed by atoms with Crippen LogP contribution in [-0.2, 0) is 13.0 Å². The van der Waals surface area contributed by atoms with Crippen LogP contribution in [0.4, 0.5) is 0 Å². The van der Waals surface area contributed by atoms with Crippen LogP contribution in [0.2, 0.25) is 0 Å². The second kappa shape index (κ2) is 3.99. The molecular weight excluding hydrogens is 202 g/mol. The highest BCUT2D eigenvalue weighted by Crippen LogP contribution is 2.25. The molecule has 13 heavy (non-hydrogen) atoms. The Hall–Kier alpha value is -0.0500. The van der Waals surface area contributed by atoms with E-state index in [1.165, 1.54) is 17.7 Å². The van der Waals surface area contributed by atoms with Crippen molar-refractivity contribution < 1.29 is 0 Å². The number of hydrogen-bond donors (Lipinski definition) is 1. The quantitative estimate of drug-likeness (QED) is 0.705. The Morgan fingerprint density at radius 2 is 2.23 bits per heavy atom. The zero-order valence-corrected chi connectivity index (χ0v) is 9.73. The first kappa shape index (κ1) is 11.0. The van der Waals surface area contributed by atoms with E-state index >= 15 is 0 Å². The third-order valence-corrected chi connectivity index (χ3v) is 3.55. The molecule has 0 spiro atoms. The van der Waals surface area contributed by atoms with Gasteiger partial charge < -0.3 is 5.32 Å². The summed E-state index contributed by atoms with van der Waals surface area (Å²) in [5.74, 6) is 0. The normalized spacial score (nSPS) is 19.8. The summed E-state index contributed by atoms with van der Waals surface area (Å²) in [4.78, 5) is 1.53. The Kier molecular flexibility index (Phi) is 3.38. The molecule has 0 saturated carbocycles. The fraction of sp³-hybridized carbons (Fsp3) is 0.600. The maximum absolute atomic E-state index is 3.57. The minimum Gasteiger partial charge on any atom is -0.307 e. The molecule has 3 heteroatoms. The van der Waals surface area contributed by atoms with Crippen LogP contribution >= 0.6 is 23.7 Å². The molecule has 1 aliphatic heterocycles. The van der Waals surface area contributed by atoms with E-state index in [4.69, 9.17) is 0 Å². The van der Waals surface area contributed by atoms with Gasteiger partial charge >= 0.3 is 0 Å². The summed E-state index contributed by atoms with van der Waals surface area (Å²) < 4.78 is 0. The summed E-state index contributed by atoms with van der Waals surface area (Å²) >= 11 is 1.88. The summed E-state index contributed by atoms with van der Waals surface area (Å²) in [6.45, 7) is 5.62. The van der Waals surface area contributed by atoms with E-state index in [-0.39, 0.29) is 12.4 Å². The summed E-state index contributed by atoms with van der Waals surface area (Å²) in [6, 6.07) is 2.27. The van der Waals surface area contributed by atoms with E-state index in [1.807, 2.05) is 11.3 Å². The number of nitrogens with one attached hydrogen (secondary N) is 1. The van der Waals surface area contributed by atoms with Crippen LogP contribution in [0.1, 0.15) is 30.7 Å². The van der Waals surface area contributed by atoms with Gasteiger partial charge in [0.25, 0.3) is 0 Å². The van der Waals surface area contributed by atoms with Crippen molar-refractivity contribution >= 4 is 23.7 Å². The van der Waals surface area contributed by atoms with Crippen molar-refractivity contribution in [1.82, 2.24) is 5.32 Å². The van der Waals surface area contributed by atoms with Gasteiger partial charge in [0.15, 0.2) is 0 Å². The molecule has 74 valence electrons. The van der Waals surface area contributed by atoms with Gasteiger partial charge in [-0.25, -0.2) is 0 Å². The van der Waals surface area contributed by atoms with Gasteiger partial charge in [-0.3, -0.25) is 0 Å². The maximum Gasteiger partial charge on any atom is 0.0307 e. The fourth-order valence-corrected chi connectivity index (χ4v) is 2.47. The van der Waals surface area contributed by atoms with Crippen LogP contribution in [0.3, 0.4) is 0 Å². The van der Waals surface area contributed by atoms with Gasteiger partial charge in [-0.05, 0) is 43.7 Å². The number of hydrogen-bond acceptors (Lipinski definition) is 2. The molecule has 0 saturated heterocycles. The number of halogens is 1. The van der Waals surface area contributed by atoms with Crippen molar-refractivity contribution in [3.8, 4) is 0 Å². The number of thiophene rings is 1. The number of rotatable bonds is 0. The molecule has 1 aromatic rings. The van der Waals surface area contributed by atoms with E-state index in [0.29, 0.717) is 5.54 Å². The van der Waals surface area contributed by atoms with E-state index in [0.717, 1.165) is 6.54 Å². The molecule has 1 nitrogen and oxygen atoms in total. The second-order valence-corrected chi connectivity index (χ2v) is 5.11. The Morgan fingerprint density at radius 3 is 3.00 bits per heavy atom. The number of aryl methyl sites for hydroxylation is 1. The molecule has 0 atom stereocenters. The lowest BCUT2D eigenvalue weighted by Crippen LogP contribution is -2.37. The van der Waals surface area contributed by atoms with E-state index < -0.39 is 0 Å². The SMILES string of the molecule is CC1(C)CCc2ccsc2CN1.Cl. The first-order valence-electron chi connectivity index (χ1n) is 4.48. The molecule has 1 N–H and O–H groups in total. The molecule has 1 aliphatic rings. The Bertz CT molecular complexity index is 256. The monoisotopic (exact) mass is 217 g/mol. The van der Waals surface area contributed by atoms with Gasteiger partial charge in [-0.15, -0.1) is 23.7 Å². The van der Waals surface area contributed by atoms with Crippen LogP contribution < -0.4 is 5.32 Å². The molecular formula is C10H16ClNS. The summed E-state index contributed by atoms with van der Waals surface area (Å²) in [6.07, 6.45) is 2.48. The molecule has 0 radical (unpaired) electrons. The molecule has 0 amide bonds. The molecule has 1 aromatic heterocycles. The van der Waals surface area contributed by atoms with E-state index in [9.17, 15) is 0 Å². The van der Waals surface area contributed by atoms with Crippen molar-refractivity contribution in [3.05, 3.63) is 21.9 Å². The van der Waals surface area contributed by atoms with Crippen LogP contribution in [0.5, 0.6) is 0 Å². The molecule has 0 bridgehead atoms. The minimum absolute atomic E-state index is 0. The lowest BCUT2D eigenvalue weighted by molar-refractivity contribution is 0.373. The Labute approximate surface area is 90.0 Å². The molecule has 2 heterocycles. The summed E-state index contributed by atoms with van der Waals surface area (Å²) in [7, 11) is 0. The van der Waals surface area contributed by atoms with Gasteiger partial charge in [-0.1, -0.05) is 0 Å². The molecule has 0 fully saturated rings. The average Bonchev–Trinajstić information content (AvgIpc) is 2.40. The average molecular weight is 218 g/mol.